The Morgan fingerprint density at radius 2 is 2.00 bits per heavy atom. The summed E-state index contributed by atoms with van der Waals surface area (Å²) < 4.78 is 0. The molecule has 0 bridgehead atoms. The second-order valence-corrected chi connectivity index (χ2v) is 5.58. The van der Waals surface area contributed by atoms with E-state index in [0.717, 1.165) is 25.7 Å². The van der Waals surface area contributed by atoms with E-state index in [-0.39, 0.29) is 11.8 Å². The van der Waals surface area contributed by atoms with Gasteiger partial charge in [0, 0.05) is 6.54 Å². The van der Waals surface area contributed by atoms with Gasteiger partial charge in [-0.15, -0.1) is 6.58 Å². The minimum atomic E-state index is -0.737. The Morgan fingerprint density at radius 1 is 1.39 bits per heavy atom. The molecule has 0 radical (unpaired) electrons. The third-order valence-corrected chi connectivity index (χ3v) is 4.55. The van der Waals surface area contributed by atoms with Crippen molar-refractivity contribution in [3.05, 3.63) is 12.7 Å². The van der Waals surface area contributed by atoms with E-state index in [1.807, 2.05) is 13.8 Å². The summed E-state index contributed by atoms with van der Waals surface area (Å²) in [4.78, 5) is 26.8. The molecule has 2 fully saturated rings. The van der Waals surface area contributed by atoms with E-state index in [4.69, 9.17) is 0 Å². The molecule has 2 rings (SSSR count). The summed E-state index contributed by atoms with van der Waals surface area (Å²) in [6.07, 6.45) is 5.88. The minimum absolute atomic E-state index is 0.0200. The number of amides is 2. The highest BCUT2D eigenvalue weighted by Crippen LogP contribution is 2.38. The summed E-state index contributed by atoms with van der Waals surface area (Å²) in [6.45, 7) is 7.93. The first-order valence-electron chi connectivity index (χ1n) is 6.76. The van der Waals surface area contributed by atoms with Crippen molar-refractivity contribution in [3.63, 3.8) is 0 Å². The number of hydrogen-bond donors (Lipinski definition) is 1. The highest BCUT2D eigenvalue weighted by Gasteiger charge is 2.55. The molecule has 1 aliphatic carbocycles. The van der Waals surface area contributed by atoms with Crippen LogP contribution in [0.5, 0.6) is 0 Å². The molecule has 2 aliphatic rings. The molecule has 4 nitrogen and oxygen atoms in total. The van der Waals surface area contributed by atoms with Gasteiger partial charge in [0.2, 0.25) is 11.8 Å². The Bertz CT molecular complexity index is 385. The molecule has 2 amide bonds. The molecule has 1 N–H and O–H groups in total. The molecule has 1 saturated carbocycles. The van der Waals surface area contributed by atoms with E-state index < -0.39 is 11.1 Å². The van der Waals surface area contributed by atoms with E-state index in [0.29, 0.717) is 13.0 Å². The standard InChI is InChI=1S/C14H22N2O2/c1-4-10-16-12(18)14(8-6-7-9-14)15-11(17)13(16,3)5-2/h4H,1,5-10H2,2-3H3,(H,15,17). The van der Waals surface area contributed by atoms with Gasteiger partial charge in [-0.3, -0.25) is 9.59 Å². The lowest BCUT2D eigenvalue weighted by molar-refractivity contribution is -0.161. The summed E-state index contributed by atoms with van der Waals surface area (Å²) in [5.74, 6) is 0.0530. The van der Waals surface area contributed by atoms with Crippen LogP contribution in [-0.4, -0.2) is 34.3 Å². The lowest BCUT2D eigenvalue weighted by Gasteiger charge is -2.49. The summed E-state index contributed by atoms with van der Waals surface area (Å²) in [5, 5.41) is 3.01. The van der Waals surface area contributed by atoms with Gasteiger partial charge in [-0.1, -0.05) is 25.8 Å². The first kappa shape index (κ1) is 13.1. The molecule has 1 saturated heterocycles. The zero-order valence-electron chi connectivity index (χ0n) is 11.3. The molecule has 18 heavy (non-hydrogen) atoms. The summed E-state index contributed by atoms with van der Waals surface area (Å²) in [7, 11) is 0. The average Bonchev–Trinajstić information content (AvgIpc) is 2.82. The van der Waals surface area contributed by atoms with Crippen LogP contribution in [0.15, 0.2) is 12.7 Å². The molecule has 0 aromatic carbocycles. The Labute approximate surface area is 108 Å². The van der Waals surface area contributed by atoms with E-state index in [1.165, 1.54) is 0 Å². The van der Waals surface area contributed by atoms with Gasteiger partial charge in [-0.2, -0.15) is 0 Å². The first-order valence-corrected chi connectivity index (χ1v) is 6.76. The van der Waals surface area contributed by atoms with Crippen LogP contribution in [0.3, 0.4) is 0 Å². The number of nitrogens with zero attached hydrogens (tertiary/aromatic N) is 1. The van der Waals surface area contributed by atoms with Crippen LogP contribution in [-0.2, 0) is 9.59 Å². The number of carbonyl (C=O) groups excluding carboxylic acids is 2. The SMILES string of the molecule is C=CCN1C(=O)C2(CCCC2)NC(=O)C1(C)CC. The van der Waals surface area contributed by atoms with Crippen LogP contribution in [0.2, 0.25) is 0 Å². The van der Waals surface area contributed by atoms with Gasteiger partial charge in [0.05, 0.1) is 0 Å². The molecular weight excluding hydrogens is 228 g/mol. The van der Waals surface area contributed by atoms with Crippen molar-refractivity contribution >= 4 is 11.8 Å². The van der Waals surface area contributed by atoms with Crippen LogP contribution < -0.4 is 5.32 Å². The van der Waals surface area contributed by atoms with Gasteiger partial charge in [-0.25, -0.2) is 0 Å². The van der Waals surface area contributed by atoms with Crippen LogP contribution >= 0.6 is 0 Å². The monoisotopic (exact) mass is 250 g/mol. The first-order chi connectivity index (χ1) is 8.50. The molecule has 1 atom stereocenters. The Morgan fingerprint density at radius 3 is 2.50 bits per heavy atom. The third-order valence-electron chi connectivity index (χ3n) is 4.55. The van der Waals surface area contributed by atoms with Crippen molar-refractivity contribution in [1.29, 1.82) is 0 Å². The molecule has 0 aromatic heterocycles. The maximum atomic E-state index is 12.7. The molecular formula is C14H22N2O2. The van der Waals surface area contributed by atoms with Crippen LogP contribution in [0, 0.1) is 0 Å². The Balaban J connectivity index is 2.38. The number of piperazine rings is 1. The molecule has 1 aliphatic heterocycles. The smallest absolute Gasteiger partial charge is 0.249 e. The summed E-state index contributed by atoms with van der Waals surface area (Å²) in [6, 6.07) is 0. The van der Waals surface area contributed by atoms with E-state index in [9.17, 15) is 9.59 Å². The highest BCUT2D eigenvalue weighted by atomic mass is 16.2. The van der Waals surface area contributed by atoms with Crippen molar-refractivity contribution in [2.24, 2.45) is 0 Å². The Hall–Kier alpha value is -1.32. The van der Waals surface area contributed by atoms with Crippen molar-refractivity contribution < 1.29 is 9.59 Å². The normalized spacial score (nSPS) is 30.7. The maximum absolute atomic E-state index is 12.7. The van der Waals surface area contributed by atoms with Gasteiger partial charge in [-0.05, 0) is 26.2 Å². The van der Waals surface area contributed by atoms with Crippen molar-refractivity contribution in [2.75, 3.05) is 6.54 Å². The molecule has 4 heteroatoms. The zero-order chi connectivity index (χ0) is 13.4. The van der Waals surface area contributed by atoms with E-state index in [1.54, 1.807) is 11.0 Å². The zero-order valence-corrected chi connectivity index (χ0v) is 11.3. The number of hydrogen-bond acceptors (Lipinski definition) is 2. The van der Waals surface area contributed by atoms with Crippen molar-refractivity contribution in [2.45, 2.75) is 57.0 Å². The molecule has 1 unspecified atom stereocenters. The van der Waals surface area contributed by atoms with Gasteiger partial charge in [0.1, 0.15) is 11.1 Å². The van der Waals surface area contributed by atoms with Crippen LogP contribution in [0.1, 0.15) is 46.0 Å². The van der Waals surface area contributed by atoms with Gasteiger partial charge >= 0.3 is 0 Å². The van der Waals surface area contributed by atoms with E-state index >= 15 is 0 Å². The maximum Gasteiger partial charge on any atom is 0.249 e. The second-order valence-electron chi connectivity index (χ2n) is 5.58. The van der Waals surface area contributed by atoms with Gasteiger partial charge < -0.3 is 10.2 Å². The fourth-order valence-corrected chi connectivity index (χ4v) is 3.09. The summed E-state index contributed by atoms with van der Waals surface area (Å²) in [5.41, 5.74) is -1.37. The summed E-state index contributed by atoms with van der Waals surface area (Å²) >= 11 is 0. The van der Waals surface area contributed by atoms with Crippen LogP contribution in [0.25, 0.3) is 0 Å². The quantitative estimate of drug-likeness (QED) is 0.774. The highest BCUT2D eigenvalue weighted by molar-refractivity contribution is 6.02. The average molecular weight is 250 g/mol. The number of nitrogens with one attached hydrogen (secondary N) is 1. The topological polar surface area (TPSA) is 49.4 Å². The number of carbonyl (C=O) groups is 2. The largest absolute Gasteiger partial charge is 0.340 e. The fourth-order valence-electron chi connectivity index (χ4n) is 3.09. The predicted molar refractivity (Wildman–Crippen MR) is 69.9 cm³/mol. The predicted octanol–water partition coefficient (Wildman–Crippen LogP) is 1.61. The van der Waals surface area contributed by atoms with Crippen molar-refractivity contribution in [1.82, 2.24) is 10.2 Å². The van der Waals surface area contributed by atoms with Gasteiger partial charge in [0.15, 0.2) is 0 Å². The molecule has 1 spiro atoms. The molecule has 100 valence electrons. The van der Waals surface area contributed by atoms with Crippen molar-refractivity contribution in [3.8, 4) is 0 Å². The number of rotatable bonds is 3. The lowest BCUT2D eigenvalue weighted by Crippen LogP contribution is -2.74. The lowest BCUT2D eigenvalue weighted by atomic mass is 9.83. The molecule has 1 heterocycles. The Kier molecular flexibility index (Phi) is 3.21. The van der Waals surface area contributed by atoms with E-state index in [2.05, 4.69) is 11.9 Å². The van der Waals surface area contributed by atoms with Gasteiger partial charge in [0.25, 0.3) is 0 Å². The molecule has 0 aromatic rings. The fraction of sp³-hybridized carbons (Fsp3) is 0.714. The minimum Gasteiger partial charge on any atom is -0.340 e. The second kappa shape index (κ2) is 4.41. The third kappa shape index (κ3) is 1.66. The van der Waals surface area contributed by atoms with Crippen LogP contribution in [0.4, 0.5) is 0 Å².